The molecule has 4 heterocycles. The number of hydrogen-bond donors (Lipinski definition) is 0. The number of hydrogen-bond acceptors (Lipinski definition) is 5. The molecule has 382 valence electrons. The first-order chi connectivity index (χ1) is 38.3. The number of fused-ring (bicyclic) bond motifs is 6. The number of rotatable bonds is 8. The average Bonchev–Trinajstić information content (AvgIpc) is 3.89. The van der Waals surface area contributed by atoms with Crippen LogP contribution in [-0.4, -0.2) is 6.71 Å². The molecule has 3 nitrogen and oxygen atoms in total. The van der Waals surface area contributed by atoms with Gasteiger partial charge in [-0.3, -0.25) is 0 Å². The Balaban J connectivity index is 1.07. The van der Waals surface area contributed by atoms with Crippen LogP contribution in [0.2, 0.25) is 0 Å². The number of anilines is 9. The molecule has 0 saturated carbocycles. The fourth-order valence-electron chi connectivity index (χ4n) is 12.2. The average molecular weight is 1050 g/mol. The van der Waals surface area contributed by atoms with Crippen LogP contribution in [0.3, 0.4) is 0 Å². The van der Waals surface area contributed by atoms with Gasteiger partial charge in [0.15, 0.2) is 0 Å². The topological polar surface area (TPSA) is 9.72 Å². The Morgan fingerprint density at radius 1 is 0.380 bits per heavy atom. The minimum absolute atomic E-state index is 0.0669. The maximum Gasteiger partial charge on any atom is 0.252 e. The van der Waals surface area contributed by atoms with Crippen molar-refractivity contribution >= 4 is 117 Å². The molecule has 0 atom stereocenters. The molecular formula is C73H60BN3S2. The lowest BCUT2D eigenvalue weighted by Gasteiger charge is -2.45. The Morgan fingerprint density at radius 3 is 1.47 bits per heavy atom. The first kappa shape index (κ1) is 48.9. The van der Waals surface area contributed by atoms with E-state index in [2.05, 4.69) is 300 Å². The van der Waals surface area contributed by atoms with Crippen LogP contribution >= 0.6 is 22.7 Å². The van der Waals surface area contributed by atoms with E-state index in [9.17, 15) is 0 Å². The van der Waals surface area contributed by atoms with Crippen molar-refractivity contribution in [2.24, 2.45) is 0 Å². The quantitative estimate of drug-likeness (QED) is 0.140. The van der Waals surface area contributed by atoms with Gasteiger partial charge in [0.05, 0.1) is 5.69 Å². The summed E-state index contributed by atoms with van der Waals surface area (Å²) >= 11 is 3.75. The summed E-state index contributed by atoms with van der Waals surface area (Å²) in [4.78, 5) is 10.2. The third-order valence-electron chi connectivity index (χ3n) is 16.1. The molecule has 6 heteroatoms. The fourth-order valence-corrected chi connectivity index (χ4v) is 14.3. The monoisotopic (exact) mass is 1050 g/mol. The van der Waals surface area contributed by atoms with E-state index in [1.165, 1.54) is 108 Å². The maximum atomic E-state index is 2.62. The first-order valence-corrected chi connectivity index (χ1v) is 29.2. The molecule has 2 aliphatic rings. The molecule has 0 amide bonds. The van der Waals surface area contributed by atoms with Gasteiger partial charge in [-0.1, -0.05) is 169 Å². The lowest BCUT2D eigenvalue weighted by molar-refractivity contribution is 0.590. The number of thiophene rings is 2. The van der Waals surface area contributed by atoms with Gasteiger partial charge >= 0.3 is 0 Å². The molecule has 0 radical (unpaired) electrons. The van der Waals surface area contributed by atoms with E-state index in [1.807, 2.05) is 22.7 Å². The van der Waals surface area contributed by atoms with Crippen LogP contribution in [0.5, 0.6) is 0 Å². The van der Waals surface area contributed by atoms with E-state index in [0.717, 1.165) is 28.4 Å². The predicted molar refractivity (Wildman–Crippen MR) is 344 cm³/mol. The van der Waals surface area contributed by atoms with Crippen molar-refractivity contribution in [1.29, 1.82) is 0 Å². The largest absolute Gasteiger partial charge is 0.311 e. The number of nitrogens with zero attached hydrogens (tertiary/aromatic N) is 3. The van der Waals surface area contributed by atoms with E-state index in [-0.39, 0.29) is 17.5 Å². The maximum absolute atomic E-state index is 2.62. The van der Waals surface area contributed by atoms with E-state index in [1.54, 1.807) is 0 Å². The third-order valence-corrected chi connectivity index (χ3v) is 18.5. The zero-order valence-electron chi connectivity index (χ0n) is 45.8. The Bertz CT molecular complexity index is 4120. The minimum atomic E-state index is -0.0929. The summed E-state index contributed by atoms with van der Waals surface area (Å²) in [6, 6.07) is 89.2. The van der Waals surface area contributed by atoms with Crippen LogP contribution in [0.25, 0.3) is 52.2 Å². The molecule has 0 saturated heterocycles. The first-order valence-electron chi connectivity index (χ1n) is 27.6. The van der Waals surface area contributed by atoms with Gasteiger partial charge in [0.1, 0.15) is 0 Å². The van der Waals surface area contributed by atoms with Crippen LogP contribution in [0.1, 0.15) is 58.2 Å². The SMILES string of the molecule is Cc1cc2c3c(c1)N(c1ccc(C(C)(C)C)cc1-c1ccccc1)c1cc(N(c4ccccc4)c4ccccc4)ccc1B3c1cc(C(C)(C)C)ccc1N2c1cc(-c2cc3ccccc3s2)cc(-c2cc3ccccc3s2)c1. The molecule has 14 rings (SSSR count). The van der Waals surface area contributed by atoms with Gasteiger partial charge in [0.25, 0.3) is 6.71 Å². The summed E-state index contributed by atoms with van der Waals surface area (Å²) in [6.45, 7) is 16.2. The van der Waals surface area contributed by atoms with Gasteiger partial charge in [0, 0.05) is 70.2 Å². The highest BCUT2D eigenvalue weighted by molar-refractivity contribution is 7.22. The van der Waals surface area contributed by atoms with Crippen molar-refractivity contribution in [2.75, 3.05) is 14.7 Å². The van der Waals surface area contributed by atoms with E-state index in [0.29, 0.717) is 0 Å². The zero-order chi connectivity index (χ0) is 53.7. The Labute approximate surface area is 473 Å². The van der Waals surface area contributed by atoms with Crippen molar-refractivity contribution in [3.05, 3.63) is 253 Å². The van der Waals surface area contributed by atoms with Crippen molar-refractivity contribution in [3.63, 3.8) is 0 Å². The molecule has 0 N–H and O–H groups in total. The summed E-state index contributed by atoms with van der Waals surface area (Å²) in [7, 11) is 0. The molecule has 0 fully saturated rings. The van der Waals surface area contributed by atoms with Gasteiger partial charge in [-0.25, -0.2) is 0 Å². The summed E-state index contributed by atoms with van der Waals surface area (Å²) in [5.41, 5.74) is 22.7. The smallest absolute Gasteiger partial charge is 0.252 e. The van der Waals surface area contributed by atoms with Gasteiger partial charge < -0.3 is 14.7 Å². The van der Waals surface area contributed by atoms with Crippen molar-refractivity contribution < 1.29 is 0 Å². The molecule has 0 aliphatic carbocycles. The van der Waals surface area contributed by atoms with Gasteiger partial charge in [-0.05, 0) is 187 Å². The molecule has 10 aromatic carbocycles. The molecule has 2 aliphatic heterocycles. The van der Waals surface area contributed by atoms with Gasteiger partial charge in [0.2, 0.25) is 0 Å². The Hall–Kier alpha value is -8.42. The summed E-state index contributed by atoms with van der Waals surface area (Å²) in [5.74, 6) is 0. The van der Waals surface area contributed by atoms with Gasteiger partial charge in [-0.2, -0.15) is 0 Å². The van der Waals surface area contributed by atoms with E-state index in [4.69, 9.17) is 0 Å². The highest BCUT2D eigenvalue weighted by atomic mass is 32.1. The van der Waals surface area contributed by atoms with Crippen molar-refractivity contribution in [2.45, 2.75) is 59.3 Å². The van der Waals surface area contributed by atoms with Crippen LogP contribution in [-0.2, 0) is 10.8 Å². The zero-order valence-corrected chi connectivity index (χ0v) is 47.4. The summed E-state index contributed by atoms with van der Waals surface area (Å²) in [5, 5.41) is 2.54. The van der Waals surface area contributed by atoms with Crippen LogP contribution < -0.4 is 31.1 Å². The second-order valence-electron chi connectivity index (χ2n) is 23.5. The highest BCUT2D eigenvalue weighted by Gasteiger charge is 2.45. The normalized spacial score (nSPS) is 12.9. The fraction of sp³-hybridized carbons (Fsp3) is 0.123. The van der Waals surface area contributed by atoms with E-state index >= 15 is 0 Å². The van der Waals surface area contributed by atoms with Crippen LogP contribution in [0, 0.1) is 6.92 Å². The van der Waals surface area contributed by atoms with Gasteiger partial charge in [-0.15, -0.1) is 22.7 Å². The second kappa shape index (κ2) is 18.9. The molecule has 0 bridgehead atoms. The third kappa shape index (κ3) is 8.57. The van der Waals surface area contributed by atoms with Crippen LogP contribution in [0.15, 0.2) is 237 Å². The van der Waals surface area contributed by atoms with Crippen LogP contribution in [0.4, 0.5) is 51.2 Å². The molecular weight excluding hydrogens is 994 g/mol. The summed E-state index contributed by atoms with van der Waals surface area (Å²) < 4.78 is 2.59. The molecule has 79 heavy (non-hydrogen) atoms. The minimum Gasteiger partial charge on any atom is -0.311 e. The summed E-state index contributed by atoms with van der Waals surface area (Å²) in [6.07, 6.45) is 0. The Kier molecular flexibility index (Phi) is 11.7. The molecule has 0 spiro atoms. The lowest BCUT2D eigenvalue weighted by atomic mass is 9.33. The van der Waals surface area contributed by atoms with E-state index < -0.39 is 0 Å². The standard InChI is InChI=1S/C73H60BN3S2/c1-47-37-65-71-66(38-47)77(62-35-31-53(72(2,3)4)44-59(62)48-21-11-8-12-22-48)64-46-57(75(55-25-13-9-14-26-55)56-27-15-10-16-28-56)33-34-60(64)74(71)61-45-54(73(5,6)7)32-36-63(61)76(65)58-40-51(69-42-49-23-17-19-29-67(49)78-69)39-52(41-58)70-43-50-24-18-20-30-68(50)79-70/h8-46H,1-7H3. The number of para-hydroxylation sites is 2. The lowest BCUT2D eigenvalue weighted by Crippen LogP contribution is -2.61. The second-order valence-corrected chi connectivity index (χ2v) is 25.7. The molecule has 12 aromatic rings. The molecule has 2 aromatic heterocycles. The van der Waals surface area contributed by atoms with Crippen molar-refractivity contribution in [3.8, 4) is 32.0 Å². The predicted octanol–water partition coefficient (Wildman–Crippen LogP) is 19.6. The number of aryl methyl sites for hydroxylation is 1. The van der Waals surface area contributed by atoms with Crippen molar-refractivity contribution in [1.82, 2.24) is 0 Å². The number of benzene rings is 10. The Morgan fingerprint density at radius 2 is 0.899 bits per heavy atom. The molecule has 0 unspecified atom stereocenters. The highest BCUT2D eigenvalue weighted by Crippen LogP contribution is 2.51.